The number of amides is 1. The molecule has 0 N–H and O–H groups in total. The van der Waals surface area contributed by atoms with E-state index in [-0.39, 0.29) is 19.8 Å². The highest BCUT2D eigenvalue weighted by molar-refractivity contribution is 5.83. The van der Waals surface area contributed by atoms with Gasteiger partial charge in [-0.15, -0.1) is 0 Å². The van der Waals surface area contributed by atoms with Crippen molar-refractivity contribution >= 4 is 18.0 Å². The molecule has 1 aromatic rings. The molecule has 0 aromatic heterocycles. The first-order valence-corrected chi connectivity index (χ1v) is 8.36. The number of benzene rings is 1. The first-order valence-electron chi connectivity index (χ1n) is 8.36. The lowest BCUT2D eigenvalue weighted by Gasteiger charge is -2.39. The maximum atomic E-state index is 12.4. The Morgan fingerprint density at radius 3 is 2.31 bits per heavy atom. The minimum absolute atomic E-state index is 0.00809. The van der Waals surface area contributed by atoms with Gasteiger partial charge in [-0.3, -0.25) is 0 Å². The Hall–Kier alpha value is -2.65. The van der Waals surface area contributed by atoms with Crippen LogP contribution in [0.25, 0.3) is 0 Å². The summed E-state index contributed by atoms with van der Waals surface area (Å²) in [6.07, 6.45) is -3.46. The van der Waals surface area contributed by atoms with Crippen LogP contribution in [0, 0.1) is 0 Å². The van der Waals surface area contributed by atoms with Crippen LogP contribution in [0.15, 0.2) is 30.3 Å². The molecule has 2 aliphatic heterocycles. The Morgan fingerprint density at radius 1 is 1.08 bits per heavy atom. The molecule has 3 atom stereocenters. The van der Waals surface area contributed by atoms with E-state index in [1.54, 1.807) is 13.8 Å². The predicted molar refractivity (Wildman–Crippen MR) is 86.1 cm³/mol. The first-order chi connectivity index (χ1) is 12.6. The number of ether oxygens (including phenoxy) is 4. The van der Waals surface area contributed by atoms with Crippen molar-refractivity contribution in [3.63, 3.8) is 0 Å². The van der Waals surface area contributed by atoms with Gasteiger partial charge in [0.25, 0.3) is 6.23 Å². The number of hydrogen-bond acceptors (Lipinski definition) is 8. The highest BCUT2D eigenvalue weighted by Crippen LogP contribution is 2.37. The Balaban J connectivity index is 1.98. The summed E-state index contributed by atoms with van der Waals surface area (Å²) >= 11 is 0. The molecule has 26 heavy (non-hydrogen) atoms. The highest BCUT2D eigenvalue weighted by Gasteiger charge is 2.57. The molecule has 0 radical (unpaired) electrons. The Labute approximate surface area is 150 Å². The van der Waals surface area contributed by atoms with Crippen molar-refractivity contribution in [1.29, 1.82) is 0 Å². The predicted octanol–water partition coefficient (Wildman–Crippen LogP) is 1.21. The third-order valence-corrected chi connectivity index (χ3v) is 4.00. The average Bonchev–Trinajstić information content (AvgIpc) is 3.05. The van der Waals surface area contributed by atoms with Crippen LogP contribution >= 0.6 is 0 Å². The van der Waals surface area contributed by atoms with Crippen molar-refractivity contribution in [3.8, 4) is 0 Å². The number of cyclic esters (lactones) is 1. The third kappa shape index (κ3) is 3.23. The zero-order chi connectivity index (χ0) is 18.7. The van der Waals surface area contributed by atoms with E-state index < -0.39 is 36.5 Å². The summed E-state index contributed by atoms with van der Waals surface area (Å²) in [4.78, 5) is 36.9. The van der Waals surface area contributed by atoms with E-state index in [1.165, 1.54) is 5.01 Å². The molecule has 1 amide bonds. The second-order valence-corrected chi connectivity index (χ2v) is 5.57. The molecule has 140 valence electrons. The van der Waals surface area contributed by atoms with Gasteiger partial charge in [0.1, 0.15) is 6.61 Å². The maximum Gasteiger partial charge on any atom is 0.427 e. The quantitative estimate of drug-likeness (QED) is 0.568. The van der Waals surface area contributed by atoms with Gasteiger partial charge in [0, 0.05) is 0 Å². The SMILES string of the molecule is CCOC(=O)C1OC(C(=O)OCC)N2[C@H](c3ccccc3)COC(=O)N12. The van der Waals surface area contributed by atoms with Crippen LogP contribution in [-0.4, -0.2) is 60.3 Å². The van der Waals surface area contributed by atoms with Gasteiger partial charge in [0.2, 0.25) is 6.23 Å². The van der Waals surface area contributed by atoms with Gasteiger partial charge in [0.15, 0.2) is 0 Å². The van der Waals surface area contributed by atoms with Crippen molar-refractivity contribution < 1.29 is 33.3 Å². The van der Waals surface area contributed by atoms with E-state index in [0.717, 1.165) is 10.6 Å². The molecule has 0 aliphatic carbocycles. The number of carbonyl (C=O) groups excluding carboxylic acids is 3. The molecular weight excluding hydrogens is 344 g/mol. The molecule has 2 unspecified atom stereocenters. The number of carbonyl (C=O) groups is 3. The Bertz CT molecular complexity index is 681. The smallest absolute Gasteiger partial charge is 0.427 e. The molecule has 2 saturated heterocycles. The molecule has 0 saturated carbocycles. The molecule has 9 heteroatoms. The van der Waals surface area contributed by atoms with Crippen molar-refractivity contribution in [3.05, 3.63) is 35.9 Å². The molecular formula is C17H20N2O7. The van der Waals surface area contributed by atoms with Crippen LogP contribution in [-0.2, 0) is 28.5 Å². The van der Waals surface area contributed by atoms with Crippen molar-refractivity contribution in [2.45, 2.75) is 32.3 Å². The standard InChI is InChI=1S/C17H20N2O7/c1-3-23-15(20)13-18-12(11-8-6-5-7-9-11)10-25-17(22)19(18)14(26-13)16(21)24-4-2/h5-9,12-14H,3-4,10H2,1-2H3/t12-,13?,14?/m0/s1. The van der Waals surface area contributed by atoms with Gasteiger partial charge in [-0.2, -0.15) is 10.0 Å². The van der Waals surface area contributed by atoms with Gasteiger partial charge < -0.3 is 18.9 Å². The van der Waals surface area contributed by atoms with E-state index in [2.05, 4.69) is 0 Å². The zero-order valence-electron chi connectivity index (χ0n) is 14.5. The number of fused-ring (bicyclic) bond motifs is 1. The van der Waals surface area contributed by atoms with Gasteiger partial charge >= 0.3 is 18.0 Å². The summed E-state index contributed by atoms with van der Waals surface area (Å²) < 4.78 is 20.8. The fourth-order valence-corrected chi connectivity index (χ4v) is 2.94. The van der Waals surface area contributed by atoms with Crippen LogP contribution in [0.2, 0.25) is 0 Å². The van der Waals surface area contributed by atoms with Gasteiger partial charge in [0.05, 0.1) is 19.3 Å². The number of hydrogen-bond donors (Lipinski definition) is 0. The summed E-state index contributed by atoms with van der Waals surface area (Å²) in [5, 5.41) is 2.38. The minimum Gasteiger partial charge on any atom is -0.463 e. The molecule has 0 bridgehead atoms. The summed E-state index contributed by atoms with van der Waals surface area (Å²) in [7, 11) is 0. The van der Waals surface area contributed by atoms with Crippen LogP contribution in [0.5, 0.6) is 0 Å². The van der Waals surface area contributed by atoms with E-state index in [9.17, 15) is 14.4 Å². The third-order valence-electron chi connectivity index (χ3n) is 4.00. The first kappa shape index (κ1) is 18.2. The van der Waals surface area contributed by atoms with Crippen LogP contribution in [0.4, 0.5) is 4.79 Å². The largest absolute Gasteiger partial charge is 0.463 e. The lowest BCUT2D eigenvalue weighted by atomic mass is 10.1. The van der Waals surface area contributed by atoms with Gasteiger partial charge in [-0.1, -0.05) is 30.3 Å². The van der Waals surface area contributed by atoms with E-state index >= 15 is 0 Å². The Kier molecular flexibility index (Phi) is 5.38. The molecule has 2 heterocycles. The average molecular weight is 364 g/mol. The van der Waals surface area contributed by atoms with Crippen molar-refractivity contribution in [2.24, 2.45) is 0 Å². The van der Waals surface area contributed by atoms with Crippen LogP contribution < -0.4 is 0 Å². The second kappa shape index (κ2) is 7.71. The lowest BCUT2D eigenvalue weighted by molar-refractivity contribution is -0.171. The fraction of sp³-hybridized carbons (Fsp3) is 0.471. The maximum absolute atomic E-state index is 12.4. The Morgan fingerprint density at radius 2 is 1.69 bits per heavy atom. The summed E-state index contributed by atoms with van der Waals surface area (Å²) in [6.45, 7) is 3.54. The minimum atomic E-state index is -1.41. The molecule has 0 spiro atoms. The number of rotatable bonds is 5. The van der Waals surface area contributed by atoms with E-state index in [4.69, 9.17) is 18.9 Å². The van der Waals surface area contributed by atoms with E-state index in [0.29, 0.717) is 0 Å². The molecule has 1 aromatic carbocycles. The second-order valence-electron chi connectivity index (χ2n) is 5.57. The molecule has 2 fully saturated rings. The summed E-state index contributed by atoms with van der Waals surface area (Å²) in [6, 6.07) is 8.66. The monoisotopic (exact) mass is 364 g/mol. The summed E-state index contributed by atoms with van der Waals surface area (Å²) in [5.41, 5.74) is 0.799. The summed E-state index contributed by atoms with van der Waals surface area (Å²) in [5.74, 6) is -1.48. The van der Waals surface area contributed by atoms with E-state index in [1.807, 2.05) is 30.3 Å². The molecule has 9 nitrogen and oxygen atoms in total. The van der Waals surface area contributed by atoms with Crippen LogP contribution in [0.1, 0.15) is 25.5 Å². The number of hydrazine groups is 1. The van der Waals surface area contributed by atoms with Crippen molar-refractivity contribution in [2.75, 3.05) is 19.8 Å². The van der Waals surface area contributed by atoms with Gasteiger partial charge in [-0.05, 0) is 19.4 Å². The number of esters is 2. The molecule has 3 rings (SSSR count). The number of nitrogens with zero attached hydrogens (tertiary/aromatic N) is 2. The normalized spacial score (nSPS) is 25.4. The van der Waals surface area contributed by atoms with Crippen LogP contribution in [0.3, 0.4) is 0 Å². The molecule has 2 aliphatic rings. The topological polar surface area (TPSA) is 94.6 Å². The highest BCUT2D eigenvalue weighted by atomic mass is 16.7. The van der Waals surface area contributed by atoms with Crippen molar-refractivity contribution in [1.82, 2.24) is 10.0 Å². The zero-order valence-corrected chi connectivity index (χ0v) is 14.5. The fourth-order valence-electron chi connectivity index (χ4n) is 2.94. The lowest BCUT2D eigenvalue weighted by Crippen LogP contribution is -2.57. The van der Waals surface area contributed by atoms with Gasteiger partial charge in [-0.25, -0.2) is 14.4 Å².